The Morgan fingerprint density at radius 2 is 1.38 bits per heavy atom. The van der Waals surface area contributed by atoms with Gasteiger partial charge in [-0.25, -0.2) is 34.9 Å². The average Bonchev–Trinajstić information content (AvgIpc) is 1.87. The van der Waals surface area contributed by atoms with Crippen LogP contribution in [-0.4, -0.2) is 115 Å². The molecule has 1 aliphatic heterocycles. The van der Waals surface area contributed by atoms with Crippen molar-refractivity contribution in [3.8, 4) is 43.4 Å². The Hall–Kier alpha value is -7.68. The standard InChI is InChI=1S/C59H65N15O9S6/c1-28(2)43-59-74-46(39(89-59)23-83-5)52(81)63-22-42(76)71-47(48(77)30-11-7-6-8-12-30)58-68-38(26-86-58)56-66-36(24-85-56)45-33(54-67-37(25-84-54)51(80)65-35(21-41(75)61-4)57-73-44(29(3)88-57)53(82)72-43)17-18-34(64-45)55-70-40(27-87-55)69-50(79)32-15-13-31(14-16-32)49(78)62-20-10-9-19-60/h6-8,11-12,17-18,24-28,31-32,35,43,47-48,77H,9-10,13-16,19-23,60H2,1-5H3,(H,61,75)(H,62,78)(H,63,81)(H,65,80)(H,69,79)(H,71,76)(H,72,82)/t31-,32-,35-,43-,47-,48-/m0/s1. The number of nitrogens with two attached hydrogens (primary N) is 1. The number of thiazole rings is 6. The number of aromatic nitrogens is 7. The van der Waals surface area contributed by atoms with Crippen molar-refractivity contribution in [1.82, 2.24) is 66.8 Å². The van der Waals surface area contributed by atoms with Crippen molar-refractivity contribution in [3.63, 3.8) is 0 Å². The molecule has 8 heterocycles. The van der Waals surface area contributed by atoms with E-state index in [0.717, 1.165) is 24.2 Å². The maximum absolute atomic E-state index is 14.4. The number of aliphatic hydroxyl groups is 1. The van der Waals surface area contributed by atoms with Crippen molar-refractivity contribution >= 4 is 115 Å². The van der Waals surface area contributed by atoms with Crippen LogP contribution in [0.2, 0.25) is 0 Å². The summed E-state index contributed by atoms with van der Waals surface area (Å²) in [6.45, 7) is 6.13. The van der Waals surface area contributed by atoms with Crippen molar-refractivity contribution in [2.75, 3.05) is 39.1 Å². The minimum absolute atomic E-state index is 0.000145. The van der Waals surface area contributed by atoms with Gasteiger partial charge in [-0.1, -0.05) is 44.2 Å². The van der Waals surface area contributed by atoms with Gasteiger partial charge in [0.1, 0.15) is 82.2 Å². The van der Waals surface area contributed by atoms with Gasteiger partial charge in [-0.2, -0.15) is 0 Å². The minimum Gasteiger partial charge on any atom is -0.386 e. The Balaban J connectivity index is 0.992. The Morgan fingerprint density at radius 1 is 0.685 bits per heavy atom. The van der Waals surface area contributed by atoms with Crippen LogP contribution in [0.25, 0.3) is 43.4 Å². The number of fused-ring (bicyclic) bond motifs is 14. The predicted octanol–water partition coefficient (Wildman–Crippen LogP) is 7.91. The first-order valence-corrected chi connectivity index (χ1v) is 33.9. The molecule has 8 aromatic rings. The molecule has 1 saturated carbocycles. The quantitative estimate of drug-likeness (QED) is 0.0440. The zero-order chi connectivity index (χ0) is 62.9. The van der Waals surface area contributed by atoms with E-state index in [2.05, 4.69) is 37.2 Å². The molecule has 7 aromatic heterocycles. The number of pyridine rings is 1. The number of carbonyl (C=O) groups excluding carboxylic acids is 7. The molecule has 1 aliphatic carbocycles. The third-order valence-corrected chi connectivity index (χ3v) is 20.6. The van der Waals surface area contributed by atoms with E-state index in [1.807, 2.05) is 13.8 Å². The summed E-state index contributed by atoms with van der Waals surface area (Å²) >= 11 is 7.26. The van der Waals surface area contributed by atoms with Gasteiger partial charge in [0.25, 0.3) is 17.7 Å². The fourth-order valence-electron chi connectivity index (χ4n) is 10.1. The molecule has 0 saturated heterocycles. The summed E-state index contributed by atoms with van der Waals surface area (Å²) in [4.78, 5) is 131. The summed E-state index contributed by atoms with van der Waals surface area (Å²) in [6.07, 6.45) is 2.50. The molecule has 1 aromatic carbocycles. The van der Waals surface area contributed by atoms with E-state index in [-0.39, 0.29) is 59.7 Å². The lowest BCUT2D eigenvalue weighted by Crippen LogP contribution is -2.40. The molecule has 30 heteroatoms. The summed E-state index contributed by atoms with van der Waals surface area (Å²) in [7, 11) is 2.95. The van der Waals surface area contributed by atoms with E-state index < -0.39 is 60.3 Å². The molecule has 10 N–H and O–H groups in total. The average molecular weight is 1320 g/mol. The van der Waals surface area contributed by atoms with E-state index in [4.69, 9.17) is 45.4 Å². The number of anilines is 1. The van der Waals surface area contributed by atoms with Gasteiger partial charge in [0.2, 0.25) is 23.6 Å². The number of carbonyl (C=O) groups is 7. The molecular weight excluding hydrogens is 1260 g/mol. The third-order valence-electron chi connectivity index (χ3n) is 14.9. The lowest BCUT2D eigenvalue weighted by Gasteiger charge is -2.26. The molecule has 1 fully saturated rings. The van der Waals surface area contributed by atoms with Gasteiger partial charge < -0.3 is 52.8 Å². The number of ether oxygens (including phenoxy) is 1. The largest absolute Gasteiger partial charge is 0.386 e. The highest BCUT2D eigenvalue weighted by Crippen LogP contribution is 2.41. The van der Waals surface area contributed by atoms with E-state index in [9.17, 15) is 38.7 Å². The number of aryl methyl sites for hydroxylation is 1. The number of nitrogens with one attached hydrogen (secondary N) is 7. The Morgan fingerprint density at radius 3 is 2.12 bits per heavy atom. The first kappa shape index (κ1) is 64.3. The molecule has 7 amide bonds. The topological polar surface area (TPSA) is 349 Å². The fraction of sp³-hybridized carbons (Fsp3) is 0.390. The van der Waals surface area contributed by atoms with E-state index in [0.29, 0.717) is 118 Å². The molecule has 10 bridgehead atoms. The van der Waals surface area contributed by atoms with Crippen LogP contribution < -0.4 is 43.0 Å². The highest BCUT2D eigenvalue weighted by Gasteiger charge is 2.34. The zero-order valence-electron chi connectivity index (χ0n) is 49.0. The molecule has 89 heavy (non-hydrogen) atoms. The van der Waals surface area contributed by atoms with Crippen molar-refractivity contribution in [1.29, 1.82) is 0 Å². The number of unbranched alkanes of at least 4 members (excludes halogenated alkanes) is 1. The third kappa shape index (κ3) is 15.3. The van der Waals surface area contributed by atoms with Crippen LogP contribution in [0.5, 0.6) is 0 Å². The van der Waals surface area contributed by atoms with Crippen molar-refractivity contribution in [3.05, 3.63) is 111 Å². The van der Waals surface area contributed by atoms with Gasteiger partial charge in [-0.15, -0.1) is 68.0 Å². The second-order valence-electron chi connectivity index (χ2n) is 21.5. The van der Waals surface area contributed by atoms with Gasteiger partial charge in [0.15, 0.2) is 0 Å². The van der Waals surface area contributed by atoms with E-state index in [1.165, 1.54) is 70.8 Å². The van der Waals surface area contributed by atoms with Crippen molar-refractivity contribution < 1.29 is 43.4 Å². The van der Waals surface area contributed by atoms with Crippen LogP contribution in [0.15, 0.2) is 64.0 Å². The first-order valence-electron chi connectivity index (χ1n) is 28.7. The van der Waals surface area contributed by atoms with Gasteiger partial charge in [0, 0.05) is 64.5 Å². The molecule has 0 unspecified atom stereocenters. The molecule has 466 valence electrons. The summed E-state index contributed by atoms with van der Waals surface area (Å²) < 4.78 is 5.46. The first-order chi connectivity index (χ1) is 43.0. The number of aliphatic hydroxyl groups excluding tert-OH is 1. The summed E-state index contributed by atoms with van der Waals surface area (Å²) in [5.41, 5.74) is 8.39. The number of nitrogens with zero attached hydrogens (tertiary/aromatic N) is 7. The summed E-state index contributed by atoms with van der Waals surface area (Å²) in [5.74, 6) is -3.36. The van der Waals surface area contributed by atoms with Crippen LogP contribution in [0, 0.1) is 24.7 Å². The monoisotopic (exact) mass is 1320 g/mol. The molecule has 2 aliphatic rings. The lowest BCUT2D eigenvalue weighted by atomic mass is 9.81. The number of hydrogen-bond acceptors (Lipinski definition) is 23. The fourth-order valence-corrected chi connectivity index (χ4v) is 15.6. The number of benzene rings is 1. The van der Waals surface area contributed by atoms with Crippen molar-refractivity contribution in [2.45, 2.75) is 96.6 Å². The number of hydrogen-bond donors (Lipinski definition) is 9. The molecule has 10 rings (SSSR count). The van der Waals surface area contributed by atoms with Crippen LogP contribution in [0.4, 0.5) is 5.82 Å². The number of methoxy groups -OCH3 is 1. The highest BCUT2D eigenvalue weighted by molar-refractivity contribution is 7.15. The predicted molar refractivity (Wildman–Crippen MR) is 342 cm³/mol. The number of rotatable bonds is 15. The van der Waals surface area contributed by atoms with Gasteiger partial charge in [-0.3, -0.25) is 33.6 Å². The zero-order valence-corrected chi connectivity index (χ0v) is 53.9. The van der Waals surface area contributed by atoms with Crippen LogP contribution in [-0.2, 0) is 30.5 Å². The molecular formula is C59H65N15O9S6. The maximum Gasteiger partial charge on any atom is 0.271 e. The minimum atomic E-state index is -1.28. The van der Waals surface area contributed by atoms with Crippen molar-refractivity contribution in [2.24, 2.45) is 23.5 Å². The smallest absolute Gasteiger partial charge is 0.271 e. The summed E-state index contributed by atoms with van der Waals surface area (Å²) in [6, 6.07) is 9.58. The Bertz CT molecular complexity index is 3870. The summed E-state index contributed by atoms with van der Waals surface area (Å²) in [5, 5.41) is 41.4. The lowest BCUT2D eigenvalue weighted by molar-refractivity contribution is -0.128. The molecule has 4 atom stereocenters. The second kappa shape index (κ2) is 29.3. The highest BCUT2D eigenvalue weighted by atomic mass is 32.1. The Labute approximate surface area is 535 Å². The van der Waals surface area contributed by atoms with E-state index >= 15 is 0 Å². The molecule has 0 radical (unpaired) electrons. The normalized spacial score (nSPS) is 18.7. The van der Waals surface area contributed by atoms with Crippen LogP contribution >= 0.6 is 68.0 Å². The van der Waals surface area contributed by atoms with Gasteiger partial charge in [-0.05, 0) is 75.6 Å². The molecule has 0 spiro atoms. The second-order valence-corrected chi connectivity index (χ2v) is 27.3. The molecule has 24 nitrogen and oxygen atoms in total. The Kier molecular flexibility index (Phi) is 21.2. The van der Waals surface area contributed by atoms with Crippen LogP contribution in [0.1, 0.15) is 145 Å². The maximum atomic E-state index is 14.4. The number of amides is 7. The van der Waals surface area contributed by atoms with Crippen LogP contribution in [0.3, 0.4) is 0 Å². The van der Waals surface area contributed by atoms with Gasteiger partial charge in [0.05, 0.1) is 42.2 Å². The van der Waals surface area contributed by atoms with Gasteiger partial charge >= 0.3 is 0 Å². The van der Waals surface area contributed by atoms with E-state index in [1.54, 1.807) is 70.9 Å². The SMILES string of the molecule is CNC(=O)C[C@@H]1NC(=O)c2csc(n2)-c2ccc(-c3nc(NC(=O)[C@H]4CC[C@H](C(=O)NCCCCN)CC4)cs3)nc2-c2csc(n2)-c2csc(n2)[C@H]([C@@H](O)c2ccccc2)NC(=O)CNC(=O)c2nc(sc2COC)[C@H](C(C)C)NC(=O)c2nc1sc2C.